The van der Waals surface area contributed by atoms with Crippen molar-refractivity contribution in [2.24, 2.45) is 0 Å². The number of nitrogens with zero attached hydrogens (tertiary/aromatic N) is 4. The Hall–Kier alpha value is -2.44. The summed E-state index contributed by atoms with van der Waals surface area (Å²) in [6, 6.07) is 17.5. The van der Waals surface area contributed by atoms with Crippen LogP contribution in [0.3, 0.4) is 0 Å². The van der Waals surface area contributed by atoms with E-state index in [4.69, 9.17) is 0 Å². The van der Waals surface area contributed by atoms with Crippen LogP contribution in [0.5, 0.6) is 0 Å². The summed E-state index contributed by atoms with van der Waals surface area (Å²) in [5, 5.41) is 0. The molecule has 4 rings (SSSR count). The number of hydrogen-bond acceptors (Lipinski definition) is 5. The molecule has 0 spiro atoms. The molecule has 1 aromatic heterocycles. The number of aromatic nitrogens is 2. The van der Waals surface area contributed by atoms with Crippen molar-refractivity contribution in [2.75, 3.05) is 43.5 Å². The Morgan fingerprint density at radius 1 is 1.11 bits per heavy atom. The van der Waals surface area contributed by atoms with Gasteiger partial charge in [0.2, 0.25) is 0 Å². The predicted octanol–water partition coefficient (Wildman–Crippen LogP) is 4.05. The maximum absolute atomic E-state index is 4.44. The zero-order valence-corrected chi connectivity index (χ0v) is 17.3. The third-order valence-electron chi connectivity index (χ3n) is 5.05. The molecule has 2 heterocycles. The summed E-state index contributed by atoms with van der Waals surface area (Å²) in [5.74, 6) is 0. The first-order valence-electron chi connectivity index (χ1n) is 9.70. The second kappa shape index (κ2) is 8.71. The number of nitrogens with one attached hydrogen (secondary N) is 1. The van der Waals surface area contributed by atoms with E-state index in [9.17, 15) is 0 Å². The monoisotopic (exact) mass is 393 g/mol. The molecule has 6 heteroatoms. The van der Waals surface area contributed by atoms with Gasteiger partial charge in [-0.25, -0.2) is 9.29 Å². The topological polar surface area (TPSA) is 38.4 Å². The third kappa shape index (κ3) is 4.51. The van der Waals surface area contributed by atoms with Gasteiger partial charge in [0, 0.05) is 50.5 Å². The van der Waals surface area contributed by atoms with Gasteiger partial charge in [-0.3, -0.25) is 0 Å². The molecule has 0 fully saturated rings. The second-order valence-corrected chi connectivity index (χ2v) is 8.42. The Labute approximate surface area is 171 Å². The molecule has 146 valence electrons. The Morgan fingerprint density at radius 3 is 2.71 bits per heavy atom. The average Bonchev–Trinajstić information content (AvgIpc) is 3.16. The van der Waals surface area contributed by atoms with E-state index in [0.717, 1.165) is 38.3 Å². The molecular formula is C22H27N5S. The van der Waals surface area contributed by atoms with E-state index in [0.29, 0.717) is 0 Å². The SMILES string of the molecule is CN(C)c1ccc2c(c1)N(Cc1c[nH]cn1)CCN(CCc1ccccc1)S2. The normalized spacial score (nSPS) is 14.6. The number of benzene rings is 2. The van der Waals surface area contributed by atoms with E-state index in [1.165, 1.54) is 21.8 Å². The van der Waals surface area contributed by atoms with E-state index in [2.05, 4.69) is 86.7 Å². The third-order valence-corrected chi connectivity index (χ3v) is 6.21. The van der Waals surface area contributed by atoms with E-state index in [1.54, 1.807) is 6.33 Å². The summed E-state index contributed by atoms with van der Waals surface area (Å²) < 4.78 is 2.49. The molecule has 0 saturated carbocycles. The summed E-state index contributed by atoms with van der Waals surface area (Å²) in [7, 11) is 4.19. The van der Waals surface area contributed by atoms with Crippen LogP contribution in [0, 0.1) is 0 Å². The quantitative estimate of drug-likeness (QED) is 0.640. The van der Waals surface area contributed by atoms with Crippen LogP contribution in [0.15, 0.2) is 66.0 Å². The molecule has 1 aliphatic heterocycles. The minimum Gasteiger partial charge on any atom is -0.378 e. The fraction of sp³-hybridized carbons (Fsp3) is 0.318. The fourth-order valence-electron chi connectivity index (χ4n) is 3.44. The first-order chi connectivity index (χ1) is 13.7. The van der Waals surface area contributed by atoms with Crippen LogP contribution >= 0.6 is 11.9 Å². The van der Waals surface area contributed by atoms with Crippen LogP contribution in [-0.4, -0.2) is 48.0 Å². The average molecular weight is 394 g/mol. The van der Waals surface area contributed by atoms with Crippen LogP contribution in [0.25, 0.3) is 0 Å². The highest BCUT2D eigenvalue weighted by Crippen LogP contribution is 2.38. The molecule has 1 N–H and O–H groups in total. The van der Waals surface area contributed by atoms with Crippen molar-refractivity contribution in [2.45, 2.75) is 17.9 Å². The number of imidazole rings is 1. The summed E-state index contributed by atoms with van der Waals surface area (Å²) in [5.41, 5.74) is 4.98. The summed E-state index contributed by atoms with van der Waals surface area (Å²) in [6.07, 6.45) is 4.81. The standard InChI is InChI=1S/C22H27N5S/c1-25(2)20-8-9-22-21(14-20)26(16-19-15-23-17-24-19)12-13-27(28-22)11-10-18-6-4-3-5-7-18/h3-9,14-15,17H,10-13,16H2,1-2H3,(H,23,24). The van der Waals surface area contributed by atoms with E-state index in [-0.39, 0.29) is 0 Å². The van der Waals surface area contributed by atoms with Gasteiger partial charge >= 0.3 is 0 Å². The lowest BCUT2D eigenvalue weighted by molar-refractivity contribution is 0.480. The molecule has 2 aromatic carbocycles. The summed E-state index contributed by atoms with van der Waals surface area (Å²) >= 11 is 1.88. The number of anilines is 2. The van der Waals surface area contributed by atoms with Crippen molar-refractivity contribution in [3.63, 3.8) is 0 Å². The zero-order valence-electron chi connectivity index (χ0n) is 16.5. The van der Waals surface area contributed by atoms with Crippen molar-refractivity contribution in [1.29, 1.82) is 0 Å². The van der Waals surface area contributed by atoms with Gasteiger partial charge in [0.1, 0.15) is 0 Å². The molecule has 0 amide bonds. The van der Waals surface area contributed by atoms with Crippen LogP contribution in [0.2, 0.25) is 0 Å². The lowest BCUT2D eigenvalue weighted by Gasteiger charge is -2.25. The highest BCUT2D eigenvalue weighted by atomic mass is 32.2. The van der Waals surface area contributed by atoms with Gasteiger partial charge in [-0.15, -0.1) is 0 Å². The maximum Gasteiger partial charge on any atom is 0.0923 e. The molecule has 28 heavy (non-hydrogen) atoms. The fourth-order valence-corrected chi connectivity index (χ4v) is 4.48. The van der Waals surface area contributed by atoms with Crippen LogP contribution in [0.1, 0.15) is 11.3 Å². The molecule has 5 nitrogen and oxygen atoms in total. The van der Waals surface area contributed by atoms with Crippen molar-refractivity contribution in [3.8, 4) is 0 Å². The predicted molar refractivity (Wildman–Crippen MR) is 118 cm³/mol. The summed E-state index contributed by atoms with van der Waals surface area (Å²) in [4.78, 5) is 13.4. The molecular weight excluding hydrogens is 366 g/mol. The molecule has 0 bridgehead atoms. The molecule has 0 unspecified atom stereocenters. The van der Waals surface area contributed by atoms with Crippen molar-refractivity contribution < 1.29 is 0 Å². The molecule has 0 saturated heterocycles. The smallest absolute Gasteiger partial charge is 0.0923 e. The maximum atomic E-state index is 4.44. The Kier molecular flexibility index (Phi) is 5.88. The Balaban J connectivity index is 1.55. The second-order valence-electron chi connectivity index (χ2n) is 7.28. The van der Waals surface area contributed by atoms with Crippen molar-refractivity contribution in [3.05, 3.63) is 72.3 Å². The van der Waals surface area contributed by atoms with Gasteiger partial charge in [-0.2, -0.15) is 0 Å². The summed E-state index contributed by atoms with van der Waals surface area (Å²) in [6.45, 7) is 3.87. The molecule has 0 radical (unpaired) electrons. The van der Waals surface area contributed by atoms with E-state index >= 15 is 0 Å². The van der Waals surface area contributed by atoms with Gasteiger partial charge in [-0.05, 0) is 42.1 Å². The minimum atomic E-state index is 0.820. The largest absolute Gasteiger partial charge is 0.378 e. The molecule has 3 aromatic rings. The van der Waals surface area contributed by atoms with Gasteiger partial charge in [0.15, 0.2) is 0 Å². The molecule has 0 aliphatic carbocycles. The van der Waals surface area contributed by atoms with Crippen LogP contribution in [-0.2, 0) is 13.0 Å². The highest BCUT2D eigenvalue weighted by Gasteiger charge is 2.22. The van der Waals surface area contributed by atoms with Gasteiger partial charge in [-0.1, -0.05) is 30.3 Å². The van der Waals surface area contributed by atoms with Crippen LogP contribution in [0.4, 0.5) is 11.4 Å². The van der Waals surface area contributed by atoms with E-state index < -0.39 is 0 Å². The van der Waals surface area contributed by atoms with Crippen molar-refractivity contribution >= 4 is 23.3 Å². The lowest BCUT2D eigenvalue weighted by Crippen LogP contribution is -2.30. The van der Waals surface area contributed by atoms with Gasteiger partial charge in [0.25, 0.3) is 0 Å². The lowest BCUT2D eigenvalue weighted by atomic mass is 10.1. The van der Waals surface area contributed by atoms with Gasteiger partial charge in [0.05, 0.1) is 24.3 Å². The minimum absolute atomic E-state index is 0.820. The number of fused-ring (bicyclic) bond motifs is 1. The molecule has 0 atom stereocenters. The first kappa shape index (κ1) is 18.9. The first-order valence-corrected chi connectivity index (χ1v) is 10.5. The van der Waals surface area contributed by atoms with Crippen LogP contribution < -0.4 is 9.80 Å². The molecule has 1 aliphatic rings. The Bertz CT molecular complexity index is 879. The number of rotatable bonds is 6. The highest BCUT2D eigenvalue weighted by molar-refractivity contribution is 7.97. The zero-order chi connectivity index (χ0) is 19.3. The van der Waals surface area contributed by atoms with E-state index in [1.807, 2.05) is 18.1 Å². The van der Waals surface area contributed by atoms with Gasteiger partial charge < -0.3 is 14.8 Å². The number of aromatic amines is 1. The number of hydrogen-bond donors (Lipinski definition) is 1. The van der Waals surface area contributed by atoms with Crippen molar-refractivity contribution in [1.82, 2.24) is 14.3 Å². The Morgan fingerprint density at radius 2 is 1.96 bits per heavy atom. The number of H-pyrrole nitrogens is 1.